The van der Waals surface area contributed by atoms with Gasteiger partial charge < -0.3 is 15.4 Å². The highest BCUT2D eigenvalue weighted by atomic mass is 19.1. The Morgan fingerprint density at radius 3 is 2.70 bits per heavy atom. The van der Waals surface area contributed by atoms with E-state index in [-0.39, 0.29) is 24.4 Å². The molecule has 5 heteroatoms. The average molecular weight is 314 g/mol. The zero-order valence-corrected chi connectivity index (χ0v) is 12.9. The number of carbonyl (C=O) groups excluding carboxylic acids is 1. The van der Waals surface area contributed by atoms with Crippen LogP contribution < -0.4 is 5.73 Å². The molecule has 120 valence electrons. The summed E-state index contributed by atoms with van der Waals surface area (Å²) < 4.78 is 19.5. The highest BCUT2D eigenvalue weighted by Gasteiger charge is 2.42. The molecule has 0 saturated carbocycles. The van der Waals surface area contributed by atoms with Gasteiger partial charge in [-0.2, -0.15) is 0 Å². The number of nitrogens with two attached hydrogens (primary N) is 1. The summed E-state index contributed by atoms with van der Waals surface area (Å²) in [5.41, 5.74) is 7.36. The summed E-state index contributed by atoms with van der Waals surface area (Å²) in [6, 6.07) is 13.7. The van der Waals surface area contributed by atoms with Crippen LogP contribution in [-0.2, 0) is 11.3 Å². The lowest BCUT2D eigenvalue weighted by molar-refractivity contribution is 0.00715. The maximum atomic E-state index is 14.1. The molecule has 2 unspecified atom stereocenters. The lowest BCUT2D eigenvalue weighted by Gasteiger charge is -2.46. The number of nitrogen functional groups attached to an aromatic ring is 1. The second kappa shape index (κ2) is 6.28. The van der Waals surface area contributed by atoms with Crippen molar-refractivity contribution in [2.24, 2.45) is 5.92 Å². The van der Waals surface area contributed by atoms with E-state index >= 15 is 0 Å². The number of hydrogen-bond acceptors (Lipinski definition) is 3. The van der Waals surface area contributed by atoms with Gasteiger partial charge in [0.15, 0.2) is 0 Å². The van der Waals surface area contributed by atoms with Crippen LogP contribution in [0.2, 0.25) is 0 Å². The molecular formula is C18H19FN2O2. The highest BCUT2D eigenvalue weighted by molar-refractivity contribution is 5.70. The number of likely N-dealkylation sites (tertiary alicyclic amines) is 1. The standard InChI is InChI=1S/C18H19FN2O2/c1-12-10-21(17(12)15-8-7-14(20)9-16(15)19)18(22)23-11-13-5-3-2-4-6-13/h2-9,12,17H,10-11,20H2,1H3. The molecule has 2 atom stereocenters. The molecular weight excluding hydrogens is 295 g/mol. The molecule has 1 amide bonds. The summed E-state index contributed by atoms with van der Waals surface area (Å²) >= 11 is 0. The van der Waals surface area contributed by atoms with E-state index in [9.17, 15) is 9.18 Å². The van der Waals surface area contributed by atoms with Crippen LogP contribution in [0.3, 0.4) is 0 Å². The van der Waals surface area contributed by atoms with E-state index in [1.54, 1.807) is 17.0 Å². The van der Waals surface area contributed by atoms with Gasteiger partial charge in [0.05, 0.1) is 6.04 Å². The number of amides is 1. The molecule has 1 heterocycles. The van der Waals surface area contributed by atoms with E-state index < -0.39 is 6.09 Å². The molecule has 0 aromatic heterocycles. The van der Waals surface area contributed by atoms with Crippen molar-refractivity contribution in [2.45, 2.75) is 19.6 Å². The van der Waals surface area contributed by atoms with Crippen LogP contribution in [0, 0.1) is 11.7 Å². The topological polar surface area (TPSA) is 55.6 Å². The molecule has 0 bridgehead atoms. The number of rotatable bonds is 3. The lowest BCUT2D eigenvalue weighted by atomic mass is 9.85. The van der Waals surface area contributed by atoms with Gasteiger partial charge in [-0.05, 0) is 23.6 Å². The molecule has 1 saturated heterocycles. The van der Waals surface area contributed by atoms with Gasteiger partial charge in [-0.1, -0.05) is 43.3 Å². The van der Waals surface area contributed by atoms with E-state index in [1.807, 2.05) is 37.3 Å². The van der Waals surface area contributed by atoms with Crippen molar-refractivity contribution < 1.29 is 13.9 Å². The van der Waals surface area contributed by atoms with Gasteiger partial charge in [0.25, 0.3) is 0 Å². The van der Waals surface area contributed by atoms with Crippen molar-refractivity contribution in [3.63, 3.8) is 0 Å². The molecule has 0 spiro atoms. The van der Waals surface area contributed by atoms with Crippen molar-refractivity contribution in [3.8, 4) is 0 Å². The number of nitrogens with zero attached hydrogens (tertiary/aromatic N) is 1. The minimum Gasteiger partial charge on any atom is -0.445 e. The Hall–Kier alpha value is -2.56. The second-order valence-electron chi connectivity index (χ2n) is 5.90. The third-order valence-corrected chi connectivity index (χ3v) is 4.14. The van der Waals surface area contributed by atoms with Crippen LogP contribution in [0.4, 0.5) is 14.9 Å². The molecule has 1 fully saturated rings. The highest BCUT2D eigenvalue weighted by Crippen LogP contribution is 2.40. The fourth-order valence-electron chi connectivity index (χ4n) is 2.94. The number of carbonyl (C=O) groups is 1. The van der Waals surface area contributed by atoms with Crippen LogP contribution in [-0.4, -0.2) is 17.5 Å². The van der Waals surface area contributed by atoms with Crippen molar-refractivity contribution in [3.05, 3.63) is 65.5 Å². The first kappa shape index (κ1) is 15.3. The van der Waals surface area contributed by atoms with Gasteiger partial charge in [0.1, 0.15) is 12.4 Å². The van der Waals surface area contributed by atoms with Gasteiger partial charge in [-0.3, -0.25) is 0 Å². The minimum atomic E-state index is -0.423. The van der Waals surface area contributed by atoms with E-state index in [4.69, 9.17) is 10.5 Å². The molecule has 2 N–H and O–H groups in total. The van der Waals surface area contributed by atoms with Gasteiger partial charge in [-0.15, -0.1) is 0 Å². The molecule has 1 aliphatic heterocycles. The van der Waals surface area contributed by atoms with Crippen molar-refractivity contribution in [1.82, 2.24) is 4.90 Å². The Labute approximate surface area is 134 Å². The van der Waals surface area contributed by atoms with Gasteiger partial charge >= 0.3 is 6.09 Å². The van der Waals surface area contributed by atoms with Gasteiger partial charge in [0, 0.05) is 17.8 Å². The lowest BCUT2D eigenvalue weighted by Crippen LogP contribution is -2.51. The predicted molar refractivity (Wildman–Crippen MR) is 86.1 cm³/mol. The fourth-order valence-corrected chi connectivity index (χ4v) is 2.94. The molecule has 0 radical (unpaired) electrons. The number of benzene rings is 2. The van der Waals surface area contributed by atoms with Crippen LogP contribution >= 0.6 is 0 Å². The average Bonchev–Trinajstić information content (AvgIpc) is 2.54. The summed E-state index contributed by atoms with van der Waals surface area (Å²) in [5.74, 6) is -0.209. The van der Waals surface area contributed by atoms with Crippen LogP contribution in [0.5, 0.6) is 0 Å². The summed E-state index contributed by atoms with van der Waals surface area (Å²) in [6.45, 7) is 2.75. The third kappa shape index (κ3) is 3.13. The fraction of sp³-hybridized carbons (Fsp3) is 0.278. The van der Waals surface area contributed by atoms with Crippen molar-refractivity contribution in [1.29, 1.82) is 0 Å². The Balaban J connectivity index is 1.69. The number of ether oxygens (including phenoxy) is 1. The van der Waals surface area contributed by atoms with E-state index in [0.717, 1.165) is 5.56 Å². The second-order valence-corrected chi connectivity index (χ2v) is 5.90. The smallest absolute Gasteiger partial charge is 0.410 e. The van der Waals surface area contributed by atoms with E-state index in [1.165, 1.54) is 6.07 Å². The van der Waals surface area contributed by atoms with Crippen molar-refractivity contribution in [2.75, 3.05) is 12.3 Å². The van der Waals surface area contributed by atoms with E-state index in [0.29, 0.717) is 17.8 Å². The third-order valence-electron chi connectivity index (χ3n) is 4.14. The molecule has 2 aromatic rings. The van der Waals surface area contributed by atoms with Crippen LogP contribution in [0.25, 0.3) is 0 Å². The summed E-state index contributed by atoms with van der Waals surface area (Å²) in [7, 11) is 0. The van der Waals surface area contributed by atoms with Crippen molar-refractivity contribution >= 4 is 11.8 Å². The van der Waals surface area contributed by atoms with Crippen LogP contribution in [0.15, 0.2) is 48.5 Å². The predicted octanol–water partition coefficient (Wildman–Crippen LogP) is 3.74. The van der Waals surface area contributed by atoms with Gasteiger partial charge in [0.2, 0.25) is 0 Å². The number of halogens is 1. The number of anilines is 1. The molecule has 0 aliphatic carbocycles. The zero-order valence-electron chi connectivity index (χ0n) is 12.9. The van der Waals surface area contributed by atoms with Gasteiger partial charge in [-0.25, -0.2) is 9.18 Å². The largest absolute Gasteiger partial charge is 0.445 e. The minimum absolute atomic E-state index is 0.178. The first-order valence-corrected chi connectivity index (χ1v) is 7.58. The summed E-state index contributed by atoms with van der Waals surface area (Å²) in [4.78, 5) is 13.8. The molecule has 2 aromatic carbocycles. The number of hydrogen-bond donors (Lipinski definition) is 1. The summed E-state index contributed by atoms with van der Waals surface area (Å²) in [6.07, 6.45) is -0.423. The Bertz CT molecular complexity index is 705. The molecule has 1 aliphatic rings. The Morgan fingerprint density at radius 1 is 1.30 bits per heavy atom. The SMILES string of the molecule is CC1CN(C(=O)OCc2ccccc2)C1c1ccc(N)cc1F. The Morgan fingerprint density at radius 2 is 2.04 bits per heavy atom. The molecule has 4 nitrogen and oxygen atoms in total. The normalized spacial score (nSPS) is 20.0. The maximum absolute atomic E-state index is 14.1. The van der Waals surface area contributed by atoms with E-state index in [2.05, 4.69) is 0 Å². The monoisotopic (exact) mass is 314 g/mol. The van der Waals surface area contributed by atoms with Crippen LogP contribution in [0.1, 0.15) is 24.1 Å². The first-order chi connectivity index (χ1) is 11.1. The Kier molecular flexibility index (Phi) is 4.19. The first-order valence-electron chi connectivity index (χ1n) is 7.58. The molecule has 3 rings (SSSR count). The quantitative estimate of drug-likeness (QED) is 0.878. The zero-order chi connectivity index (χ0) is 16.4. The summed E-state index contributed by atoms with van der Waals surface area (Å²) in [5, 5.41) is 0. The molecule has 23 heavy (non-hydrogen) atoms. The maximum Gasteiger partial charge on any atom is 0.410 e.